The van der Waals surface area contributed by atoms with E-state index in [1.165, 1.54) is 4.88 Å². The summed E-state index contributed by atoms with van der Waals surface area (Å²) in [6.07, 6.45) is 0. The van der Waals surface area contributed by atoms with Crippen molar-refractivity contribution in [1.82, 2.24) is 10.2 Å². The monoisotopic (exact) mass is 240 g/mol. The van der Waals surface area contributed by atoms with Crippen LogP contribution in [0, 0.1) is 0 Å². The minimum atomic E-state index is 0.504. The van der Waals surface area contributed by atoms with Crippen molar-refractivity contribution in [3.05, 3.63) is 22.4 Å². The van der Waals surface area contributed by atoms with E-state index in [1.54, 1.807) is 0 Å². The van der Waals surface area contributed by atoms with Gasteiger partial charge in [0.05, 0.1) is 0 Å². The Morgan fingerprint density at radius 3 is 2.50 bits per heavy atom. The molecular formula is C13H24N2S. The molecule has 1 aromatic rings. The normalized spacial score (nSPS) is 15.7. The molecule has 2 atom stereocenters. The molecule has 1 rings (SSSR count). The summed E-state index contributed by atoms with van der Waals surface area (Å²) in [6.45, 7) is 9.98. The summed E-state index contributed by atoms with van der Waals surface area (Å²) in [4.78, 5) is 3.88. The minimum absolute atomic E-state index is 0.504. The molecule has 16 heavy (non-hydrogen) atoms. The Kier molecular flexibility index (Phi) is 5.46. The SMILES string of the molecule is CC(C)NCC(C)N(C)C(C)c1cccs1. The largest absolute Gasteiger partial charge is 0.313 e. The van der Waals surface area contributed by atoms with Crippen molar-refractivity contribution in [2.45, 2.75) is 45.8 Å². The topological polar surface area (TPSA) is 15.3 Å². The van der Waals surface area contributed by atoms with Gasteiger partial charge in [-0.15, -0.1) is 11.3 Å². The van der Waals surface area contributed by atoms with Gasteiger partial charge in [-0.1, -0.05) is 19.9 Å². The first-order valence-electron chi connectivity index (χ1n) is 6.01. The number of nitrogens with zero attached hydrogens (tertiary/aromatic N) is 1. The highest BCUT2D eigenvalue weighted by atomic mass is 32.1. The van der Waals surface area contributed by atoms with Crippen LogP contribution in [-0.2, 0) is 0 Å². The second kappa shape index (κ2) is 6.38. The van der Waals surface area contributed by atoms with Crippen molar-refractivity contribution in [3.8, 4) is 0 Å². The van der Waals surface area contributed by atoms with Gasteiger partial charge in [-0.05, 0) is 32.3 Å². The van der Waals surface area contributed by atoms with Crippen LogP contribution in [0.5, 0.6) is 0 Å². The zero-order chi connectivity index (χ0) is 12.1. The first-order chi connectivity index (χ1) is 7.52. The van der Waals surface area contributed by atoms with Gasteiger partial charge in [0.2, 0.25) is 0 Å². The van der Waals surface area contributed by atoms with Gasteiger partial charge < -0.3 is 5.32 Å². The van der Waals surface area contributed by atoms with E-state index in [4.69, 9.17) is 0 Å². The Labute approximate surface area is 104 Å². The Morgan fingerprint density at radius 1 is 1.31 bits per heavy atom. The fourth-order valence-corrected chi connectivity index (χ4v) is 2.50. The van der Waals surface area contributed by atoms with Crippen LogP contribution in [0.15, 0.2) is 17.5 Å². The zero-order valence-electron chi connectivity index (χ0n) is 11.0. The van der Waals surface area contributed by atoms with Gasteiger partial charge in [0.1, 0.15) is 0 Å². The second-order valence-corrected chi connectivity index (χ2v) is 5.75. The lowest BCUT2D eigenvalue weighted by Gasteiger charge is -2.31. The lowest BCUT2D eigenvalue weighted by molar-refractivity contribution is 0.193. The van der Waals surface area contributed by atoms with E-state index < -0.39 is 0 Å². The van der Waals surface area contributed by atoms with Crippen molar-refractivity contribution < 1.29 is 0 Å². The Balaban J connectivity index is 2.46. The molecule has 0 amide bonds. The second-order valence-electron chi connectivity index (χ2n) is 4.77. The van der Waals surface area contributed by atoms with E-state index in [-0.39, 0.29) is 0 Å². The molecule has 0 fully saturated rings. The van der Waals surface area contributed by atoms with Crippen LogP contribution in [0.2, 0.25) is 0 Å². The molecule has 1 aromatic heterocycles. The van der Waals surface area contributed by atoms with Gasteiger partial charge in [-0.3, -0.25) is 4.90 Å². The van der Waals surface area contributed by atoms with Crippen molar-refractivity contribution in [2.24, 2.45) is 0 Å². The molecule has 0 spiro atoms. The van der Waals surface area contributed by atoms with E-state index in [9.17, 15) is 0 Å². The van der Waals surface area contributed by atoms with Gasteiger partial charge in [-0.2, -0.15) is 0 Å². The molecule has 0 aliphatic heterocycles. The fourth-order valence-electron chi connectivity index (χ4n) is 1.66. The lowest BCUT2D eigenvalue weighted by Crippen LogP contribution is -2.41. The van der Waals surface area contributed by atoms with Crippen LogP contribution in [0.4, 0.5) is 0 Å². The highest BCUT2D eigenvalue weighted by Crippen LogP contribution is 2.24. The number of nitrogens with one attached hydrogen (secondary N) is 1. The molecule has 0 bridgehead atoms. The average molecular weight is 240 g/mol. The number of hydrogen-bond acceptors (Lipinski definition) is 3. The summed E-state index contributed by atoms with van der Waals surface area (Å²) in [5.41, 5.74) is 0. The lowest BCUT2D eigenvalue weighted by atomic mass is 10.2. The maximum absolute atomic E-state index is 3.49. The highest BCUT2D eigenvalue weighted by Gasteiger charge is 2.17. The smallest absolute Gasteiger partial charge is 0.0413 e. The molecule has 2 unspecified atom stereocenters. The Hall–Kier alpha value is -0.380. The van der Waals surface area contributed by atoms with Crippen molar-refractivity contribution in [2.75, 3.05) is 13.6 Å². The number of hydrogen-bond donors (Lipinski definition) is 1. The summed E-state index contributed by atoms with van der Waals surface area (Å²) in [5, 5.41) is 5.64. The standard InChI is InChI=1S/C13H24N2S/c1-10(2)14-9-11(3)15(5)12(4)13-7-6-8-16-13/h6-8,10-12,14H,9H2,1-5H3. The summed E-state index contributed by atoms with van der Waals surface area (Å²) >= 11 is 1.84. The van der Waals surface area contributed by atoms with Gasteiger partial charge in [0.25, 0.3) is 0 Å². The molecule has 0 aromatic carbocycles. The third-order valence-corrected chi connectivity index (χ3v) is 4.13. The predicted octanol–water partition coefficient (Wildman–Crippen LogP) is 3.13. The van der Waals surface area contributed by atoms with Crippen LogP contribution in [-0.4, -0.2) is 30.6 Å². The molecule has 1 N–H and O–H groups in total. The fraction of sp³-hybridized carbons (Fsp3) is 0.692. The number of thiophene rings is 1. The Bertz CT molecular complexity index is 282. The third kappa shape index (κ3) is 3.89. The molecule has 0 aliphatic rings. The molecule has 0 aliphatic carbocycles. The summed E-state index contributed by atoms with van der Waals surface area (Å²) in [5.74, 6) is 0. The molecule has 92 valence electrons. The first-order valence-corrected chi connectivity index (χ1v) is 6.89. The number of rotatable bonds is 6. The molecular weight excluding hydrogens is 216 g/mol. The summed E-state index contributed by atoms with van der Waals surface area (Å²) < 4.78 is 0. The maximum atomic E-state index is 3.49. The minimum Gasteiger partial charge on any atom is -0.313 e. The highest BCUT2D eigenvalue weighted by molar-refractivity contribution is 7.10. The summed E-state index contributed by atoms with van der Waals surface area (Å²) in [6, 6.07) is 5.96. The molecule has 3 heteroatoms. The van der Waals surface area contributed by atoms with Crippen molar-refractivity contribution >= 4 is 11.3 Å². The molecule has 0 radical (unpaired) electrons. The molecule has 0 saturated carbocycles. The van der Waals surface area contributed by atoms with Gasteiger partial charge in [0, 0.05) is 29.5 Å². The molecule has 0 saturated heterocycles. The van der Waals surface area contributed by atoms with Crippen LogP contribution < -0.4 is 5.32 Å². The van der Waals surface area contributed by atoms with Crippen molar-refractivity contribution in [3.63, 3.8) is 0 Å². The summed E-state index contributed by atoms with van der Waals surface area (Å²) in [7, 11) is 2.21. The quantitative estimate of drug-likeness (QED) is 0.822. The van der Waals surface area contributed by atoms with E-state index in [0.29, 0.717) is 18.1 Å². The third-order valence-electron chi connectivity index (χ3n) is 3.08. The van der Waals surface area contributed by atoms with E-state index in [0.717, 1.165) is 6.54 Å². The number of likely N-dealkylation sites (N-methyl/N-ethyl adjacent to an activating group) is 1. The van der Waals surface area contributed by atoms with E-state index >= 15 is 0 Å². The van der Waals surface area contributed by atoms with E-state index in [1.807, 2.05) is 11.3 Å². The first kappa shape index (κ1) is 13.7. The van der Waals surface area contributed by atoms with Gasteiger partial charge in [-0.25, -0.2) is 0 Å². The van der Waals surface area contributed by atoms with Gasteiger partial charge >= 0.3 is 0 Å². The Morgan fingerprint density at radius 2 is 2.00 bits per heavy atom. The zero-order valence-corrected chi connectivity index (χ0v) is 11.8. The van der Waals surface area contributed by atoms with Gasteiger partial charge in [0.15, 0.2) is 0 Å². The van der Waals surface area contributed by atoms with Crippen LogP contribution in [0.25, 0.3) is 0 Å². The maximum Gasteiger partial charge on any atom is 0.0413 e. The van der Waals surface area contributed by atoms with Crippen LogP contribution >= 0.6 is 11.3 Å². The molecule has 2 nitrogen and oxygen atoms in total. The van der Waals surface area contributed by atoms with E-state index in [2.05, 4.69) is 62.5 Å². The van der Waals surface area contributed by atoms with Crippen LogP contribution in [0.3, 0.4) is 0 Å². The average Bonchev–Trinajstić information content (AvgIpc) is 2.77. The predicted molar refractivity (Wildman–Crippen MR) is 73.1 cm³/mol. The molecule has 1 heterocycles. The van der Waals surface area contributed by atoms with Crippen LogP contribution in [0.1, 0.15) is 38.6 Å². The van der Waals surface area contributed by atoms with Crippen molar-refractivity contribution in [1.29, 1.82) is 0 Å².